The molecule has 0 aliphatic carbocycles. The maximum absolute atomic E-state index is 13.1. The van der Waals surface area contributed by atoms with Crippen LogP contribution in [0.5, 0.6) is 0 Å². The summed E-state index contributed by atoms with van der Waals surface area (Å²) in [5.41, 5.74) is 1.94. The standard InChI is InChI=1S/C17H15ClINO2S/c1-12-7-9-14(10-8-12)23(21,22)20-11-15(18)16(19)17(20)13-5-3-2-4-6-13/h2-10,17H,11H2,1H3. The average molecular weight is 460 g/mol. The van der Waals surface area contributed by atoms with Crippen molar-refractivity contribution >= 4 is 44.2 Å². The summed E-state index contributed by atoms with van der Waals surface area (Å²) < 4.78 is 28.4. The summed E-state index contributed by atoms with van der Waals surface area (Å²) in [6.07, 6.45) is 0. The van der Waals surface area contributed by atoms with Gasteiger partial charge in [-0.1, -0.05) is 59.6 Å². The summed E-state index contributed by atoms with van der Waals surface area (Å²) in [4.78, 5) is 0.291. The van der Waals surface area contributed by atoms with Crippen molar-refractivity contribution in [2.24, 2.45) is 0 Å². The monoisotopic (exact) mass is 459 g/mol. The highest BCUT2D eigenvalue weighted by Gasteiger charge is 2.40. The summed E-state index contributed by atoms with van der Waals surface area (Å²) in [5, 5.41) is 0.579. The predicted molar refractivity (Wildman–Crippen MR) is 101 cm³/mol. The number of halogens is 2. The SMILES string of the molecule is Cc1ccc(S(=O)(=O)N2CC(Cl)=C(I)C2c2ccccc2)cc1. The Morgan fingerprint density at radius 2 is 1.70 bits per heavy atom. The minimum Gasteiger partial charge on any atom is -0.207 e. The summed E-state index contributed by atoms with van der Waals surface area (Å²) in [5.74, 6) is 0. The van der Waals surface area contributed by atoms with E-state index >= 15 is 0 Å². The van der Waals surface area contributed by atoms with Gasteiger partial charge in [0.25, 0.3) is 0 Å². The van der Waals surface area contributed by atoms with E-state index in [0.29, 0.717) is 9.93 Å². The molecule has 6 heteroatoms. The summed E-state index contributed by atoms with van der Waals surface area (Å²) in [6.45, 7) is 2.13. The fourth-order valence-electron chi connectivity index (χ4n) is 2.60. The van der Waals surface area contributed by atoms with Gasteiger partial charge in [-0.05, 0) is 47.2 Å². The van der Waals surface area contributed by atoms with Crippen LogP contribution in [0.25, 0.3) is 0 Å². The summed E-state index contributed by atoms with van der Waals surface area (Å²) >= 11 is 8.43. The van der Waals surface area contributed by atoms with E-state index in [9.17, 15) is 8.42 Å². The Hall–Kier alpha value is -0.890. The number of nitrogens with zero attached hydrogens (tertiary/aromatic N) is 1. The fraction of sp³-hybridized carbons (Fsp3) is 0.176. The highest BCUT2D eigenvalue weighted by Crippen LogP contribution is 2.44. The first-order chi connectivity index (χ1) is 10.9. The molecule has 120 valence electrons. The van der Waals surface area contributed by atoms with Crippen LogP contribution in [0.1, 0.15) is 17.2 Å². The van der Waals surface area contributed by atoms with E-state index in [2.05, 4.69) is 22.6 Å². The van der Waals surface area contributed by atoms with Gasteiger partial charge >= 0.3 is 0 Å². The van der Waals surface area contributed by atoms with E-state index in [0.717, 1.165) is 14.7 Å². The van der Waals surface area contributed by atoms with Crippen molar-refractivity contribution in [1.29, 1.82) is 0 Å². The first-order valence-corrected chi connectivity index (χ1v) is 9.98. The molecule has 0 saturated carbocycles. The minimum absolute atomic E-state index is 0.204. The molecule has 1 aliphatic rings. The van der Waals surface area contributed by atoms with Crippen LogP contribution in [-0.2, 0) is 10.0 Å². The van der Waals surface area contributed by atoms with Gasteiger partial charge < -0.3 is 0 Å². The van der Waals surface area contributed by atoms with Crippen molar-refractivity contribution in [3.63, 3.8) is 0 Å². The Labute approximate surface area is 155 Å². The minimum atomic E-state index is -3.62. The van der Waals surface area contributed by atoms with Crippen LogP contribution in [0.3, 0.4) is 0 Å². The van der Waals surface area contributed by atoms with Crippen molar-refractivity contribution in [2.45, 2.75) is 17.9 Å². The van der Waals surface area contributed by atoms with Crippen molar-refractivity contribution < 1.29 is 8.42 Å². The van der Waals surface area contributed by atoms with Crippen LogP contribution < -0.4 is 0 Å². The molecular weight excluding hydrogens is 445 g/mol. The molecular formula is C17H15ClINO2S. The van der Waals surface area contributed by atoms with Gasteiger partial charge in [-0.2, -0.15) is 4.31 Å². The third-order valence-corrected chi connectivity index (χ3v) is 7.53. The molecule has 1 heterocycles. The molecule has 0 bridgehead atoms. The zero-order chi connectivity index (χ0) is 16.6. The molecule has 0 N–H and O–H groups in total. The highest BCUT2D eigenvalue weighted by atomic mass is 127. The van der Waals surface area contributed by atoms with E-state index < -0.39 is 10.0 Å². The molecule has 2 aromatic carbocycles. The molecule has 3 rings (SSSR count). The Balaban J connectivity index is 2.06. The van der Waals surface area contributed by atoms with Crippen LogP contribution in [0.4, 0.5) is 0 Å². The highest BCUT2D eigenvalue weighted by molar-refractivity contribution is 14.1. The second-order valence-electron chi connectivity index (χ2n) is 5.43. The zero-order valence-corrected chi connectivity index (χ0v) is 16.1. The molecule has 0 radical (unpaired) electrons. The van der Waals surface area contributed by atoms with Crippen molar-refractivity contribution in [1.82, 2.24) is 4.31 Å². The van der Waals surface area contributed by atoms with Gasteiger partial charge in [0.05, 0.1) is 17.5 Å². The lowest BCUT2D eigenvalue weighted by Gasteiger charge is -2.25. The molecule has 0 fully saturated rings. The third kappa shape index (κ3) is 3.20. The van der Waals surface area contributed by atoms with Crippen LogP contribution >= 0.6 is 34.2 Å². The number of benzene rings is 2. The van der Waals surface area contributed by atoms with E-state index in [1.54, 1.807) is 24.3 Å². The molecule has 2 aromatic rings. The average Bonchev–Trinajstić information content (AvgIpc) is 2.85. The van der Waals surface area contributed by atoms with Crippen molar-refractivity contribution in [3.8, 4) is 0 Å². The molecule has 0 amide bonds. The Morgan fingerprint density at radius 3 is 2.30 bits per heavy atom. The number of rotatable bonds is 3. The van der Waals surface area contributed by atoms with Gasteiger partial charge in [0, 0.05) is 8.61 Å². The lowest BCUT2D eigenvalue weighted by molar-refractivity contribution is 0.416. The molecule has 1 aliphatic heterocycles. The molecule has 1 atom stereocenters. The van der Waals surface area contributed by atoms with E-state index in [1.165, 1.54) is 4.31 Å². The summed E-state index contributed by atoms with van der Waals surface area (Å²) in [7, 11) is -3.62. The smallest absolute Gasteiger partial charge is 0.207 e. The van der Waals surface area contributed by atoms with Gasteiger partial charge in [0.15, 0.2) is 0 Å². The quantitative estimate of drug-likeness (QED) is 0.628. The Kier molecular flexibility index (Phi) is 4.83. The topological polar surface area (TPSA) is 37.4 Å². The number of sulfonamides is 1. The molecule has 1 unspecified atom stereocenters. The molecule has 23 heavy (non-hydrogen) atoms. The maximum Gasteiger partial charge on any atom is 0.244 e. The first kappa shape index (κ1) is 17.0. The fourth-order valence-corrected chi connectivity index (χ4v) is 5.51. The normalized spacial score (nSPS) is 19.3. The largest absolute Gasteiger partial charge is 0.244 e. The van der Waals surface area contributed by atoms with Crippen LogP contribution in [0, 0.1) is 6.92 Å². The van der Waals surface area contributed by atoms with Crippen molar-refractivity contribution in [3.05, 3.63) is 74.3 Å². The van der Waals surface area contributed by atoms with Gasteiger partial charge in [0.1, 0.15) is 0 Å². The van der Waals surface area contributed by atoms with Crippen LogP contribution in [0.15, 0.2) is 68.1 Å². The lowest BCUT2D eigenvalue weighted by Crippen LogP contribution is -2.32. The van der Waals surface area contributed by atoms with E-state index in [-0.39, 0.29) is 12.6 Å². The molecule has 0 spiro atoms. The van der Waals surface area contributed by atoms with Crippen LogP contribution in [0.2, 0.25) is 0 Å². The Bertz CT molecular complexity index is 848. The number of hydrogen-bond donors (Lipinski definition) is 0. The maximum atomic E-state index is 13.1. The predicted octanol–water partition coefficient (Wildman–Crippen LogP) is 4.63. The van der Waals surface area contributed by atoms with Gasteiger partial charge in [-0.3, -0.25) is 0 Å². The van der Waals surface area contributed by atoms with Gasteiger partial charge in [-0.25, -0.2) is 8.42 Å². The van der Waals surface area contributed by atoms with E-state index in [4.69, 9.17) is 11.6 Å². The summed E-state index contributed by atoms with van der Waals surface area (Å²) in [6, 6.07) is 16.1. The van der Waals surface area contributed by atoms with Crippen LogP contribution in [-0.4, -0.2) is 19.3 Å². The second-order valence-corrected chi connectivity index (χ2v) is 8.94. The van der Waals surface area contributed by atoms with Gasteiger partial charge in [0.2, 0.25) is 10.0 Å². The van der Waals surface area contributed by atoms with Crippen molar-refractivity contribution in [2.75, 3.05) is 6.54 Å². The second kappa shape index (κ2) is 6.55. The molecule has 0 saturated heterocycles. The first-order valence-electron chi connectivity index (χ1n) is 7.09. The third-order valence-electron chi connectivity index (χ3n) is 3.82. The van der Waals surface area contributed by atoms with E-state index in [1.807, 2.05) is 37.3 Å². The van der Waals surface area contributed by atoms with Gasteiger partial charge in [-0.15, -0.1) is 0 Å². The zero-order valence-electron chi connectivity index (χ0n) is 12.4. The number of aryl methyl sites for hydroxylation is 1. The Morgan fingerprint density at radius 1 is 1.09 bits per heavy atom. The number of hydrogen-bond acceptors (Lipinski definition) is 2. The molecule has 3 nitrogen and oxygen atoms in total. The lowest BCUT2D eigenvalue weighted by atomic mass is 10.1. The molecule has 0 aromatic heterocycles.